The fraction of sp³-hybridized carbons (Fsp3) is 0.167. The van der Waals surface area contributed by atoms with Crippen molar-refractivity contribution in [2.24, 2.45) is 5.73 Å². The Bertz CT molecular complexity index is 758. The molecule has 8 heteroatoms. The van der Waals surface area contributed by atoms with Crippen LogP contribution in [0.5, 0.6) is 0 Å². The molecule has 0 radical (unpaired) electrons. The third-order valence-electron chi connectivity index (χ3n) is 2.48. The number of hydrogen-bond donors (Lipinski definition) is 2. The summed E-state index contributed by atoms with van der Waals surface area (Å²) in [6.07, 6.45) is 1.58. The number of carbonyl (C=O) groups is 1. The first kappa shape index (κ1) is 14.4. The van der Waals surface area contributed by atoms with Gasteiger partial charge in [0.15, 0.2) is 0 Å². The van der Waals surface area contributed by atoms with Crippen molar-refractivity contribution in [2.75, 3.05) is 6.61 Å². The van der Waals surface area contributed by atoms with E-state index in [0.29, 0.717) is 10.9 Å². The van der Waals surface area contributed by atoms with Crippen LogP contribution in [-0.2, 0) is 19.7 Å². The van der Waals surface area contributed by atoms with E-state index in [-0.39, 0.29) is 4.90 Å². The molecule has 0 aliphatic carbocycles. The summed E-state index contributed by atoms with van der Waals surface area (Å²) >= 11 is 0. The van der Waals surface area contributed by atoms with Crippen LogP contribution in [0.4, 0.5) is 0 Å². The number of primary amides is 1. The minimum atomic E-state index is -3.94. The van der Waals surface area contributed by atoms with E-state index in [1.807, 2.05) is 17.9 Å². The summed E-state index contributed by atoms with van der Waals surface area (Å²) in [7, 11) is -3.94. The fourth-order valence-corrected chi connectivity index (χ4v) is 2.67. The number of nitrogens with two attached hydrogens (primary N) is 1. The molecule has 0 aliphatic rings. The molecule has 0 atom stereocenters. The molecular weight excluding hydrogens is 282 g/mol. The van der Waals surface area contributed by atoms with E-state index in [1.54, 1.807) is 18.3 Å². The van der Waals surface area contributed by atoms with Gasteiger partial charge in [0.1, 0.15) is 11.5 Å². The van der Waals surface area contributed by atoms with Crippen molar-refractivity contribution in [1.29, 1.82) is 0 Å². The van der Waals surface area contributed by atoms with Crippen molar-refractivity contribution < 1.29 is 18.0 Å². The monoisotopic (exact) mass is 295 g/mol. The topological polar surface area (TPSA) is 111 Å². The van der Waals surface area contributed by atoms with Crippen molar-refractivity contribution in [3.8, 4) is 0 Å². The molecule has 0 fully saturated rings. The average molecular weight is 295 g/mol. The zero-order chi connectivity index (χ0) is 14.8. The SMILES string of the molecule is Cc1cnc2c(S(=O)(=O)NOCC(N)=O)cccc2c1. The highest BCUT2D eigenvalue weighted by Crippen LogP contribution is 2.21. The molecule has 3 N–H and O–H groups in total. The molecule has 0 spiro atoms. The van der Waals surface area contributed by atoms with Crippen molar-refractivity contribution in [1.82, 2.24) is 9.87 Å². The summed E-state index contributed by atoms with van der Waals surface area (Å²) in [5, 5.41) is 0.697. The molecule has 1 aromatic heterocycles. The number of amides is 1. The maximum atomic E-state index is 12.1. The van der Waals surface area contributed by atoms with E-state index in [1.165, 1.54) is 6.07 Å². The maximum Gasteiger partial charge on any atom is 0.264 e. The first-order valence-corrected chi connectivity index (χ1v) is 7.16. The zero-order valence-electron chi connectivity index (χ0n) is 10.7. The lowest BCUT2D eigenvalue weighted by Gasteiger charge is -2.08. The predicted molar refractivity (Wildman–Crippen MR) is 71.9 cm³/mol. The van der Waals surface area contributed by atoms with Gasteiger partial charge in [0.05, 0.1) is 5.52 Å². The van der Waals surface area contributed by atoms with Crippen LogP contribution in [0, 0.1) is 6.92 Å². The second-order valence-electron chi connectivity index (χ2n) is 4.18. The summed E-state index contributed by atoms with van der Waals surface area (Å²) in [6, 6.07) is 6.59. The van der Waals surface area contributed by atoms with Gasteiger partial charge in [0, 0.05) is 11.6 Å². The van der Waals surface area contributed by atoms with Crippen LogP contribution in [0.15, 0.2) is 35.4 Å². The largest absolute Gasteiger partial charge is 0.368 e. The summed E-state index contributed by atoms with van der Waals surface area (Å²) in [5.74, 6) is -0.778. The van der Waals surface area contributed by atoms with Crippen LogP contribution in [0.2, 0.25) is 0 Å². The van der Waals surface area contributed by atoms with Crippen molar-refractivity contribution in [3.63, 3.8) is 0 Å². The molecule has 1 amide bonds. The number of para-hydroxylation sites is 1. The highest BCUT2D eigenvalue weighted by molar-refractivity contribution is 7.89. The van der Waals surface area contributed by atoms with Gasteiger partial charge in [-0.2, -0.15) is 0 Å². The molecule has 106 valence electrons. The third kappa shape index (κ3) is 3.10. The van der Waals surface area contributed by atoms with E-state index in [9.17, 15) is 13.2 Å². The molecule has 0 unspecified atom stereocenters. The molecule has 2 rings (SSSR count). The number of pyridine rings is 1. The summed E-state index contributed by atoms with van der Waals surface area (Å²) in [6.45, 7) is 1.32. The Morgan fingerprint density at radius 3 is 2.90 bits per heavy atom. The third-order valence-corrected chi connectivity index (χ3v) is 3.73. The van der Waals surface area contributed by atoms with Gasteiger partial charge in [0.2, 0.25) is 5.91 Å². The lowest BCUT2D eigenvalue weighted by atomic mass is 10.2. The predicted octanol–water partition coefficient (Wildman–Crippen LogP) is 0.238. The van der Waals surface area contributed by atoms with Gasteiger partial charge in [-0.05, 0) is 24.6 Å². The quantitative estimate of drug-likeness (QED) is 0.767. The zero-order valence-corrected chi connectivity index (χ0v) is 11.5. The van der Waals surface area contributed by atoms with E-state index in [2.05, 4.69) is 9.82 Å². The van der Waals surface area contributed by atoms with E-state index in [0.717, 1.165) is 5.56 Å². The molecule has 7 nitrogen and oxygen atoms in total. The van der Waals surface area contributed by atoms with E-state index < -0.39 is 22.5 Å². The van der Waals surface area contributed by atoms with Gasteiger partial charge in [0.25, 0.3) is 10.0 Å². The lowest BCUT2D eigenvalue weighted by Crippen LogP contribution is -2.29. The van der Waals surface area contributed by atoms with Gasteiger partial charge in [-0.1, -0.05) is 17.0 Å². The summed E-state index contributed by atoms with van der Waals surface area (Å²) in [5.41, 5.74) is 6.10. The van der Waals surface area contributed by atoms with Crippen LogP contribution < -0.4 is 10.6 Å². The van der Waals surface area contributed by atoms with Crippen LogP contribution >= 0.6 is 0 Å². The average Bonchev–Trinajstić information content (AvgIpc) is 2.36. The number of carbonyl (C=O) groups excluding carboxylic acids is 1. The molecule has 0 aliphatic heterocycles. The number of fused-ring (bicyclic) bond motifs is 1. The van der Waals surface area contributed by atoms with Crippen LogP contribution in [0.25, 0.3) is 10.9 Å². The maximum absolute atomic E-state index is 12.1. The van der Waals surface area contributed by atoms with Crippen LogP contribution in [0.3, 0.4) is 0 Å². The molecule has 0 bridgehead atoms. The normalized spacial score (nSPS) is 11.7. The highest BCUT2D eigenvalue weighted by Gasteiger charge is 2.18. The number of sulfonamides is 1. The Morgan fingerprint density at radius 2 is 2.20 bits per heavy atom. The minimum absolute atomic E-state index is 0.0283. The van der Waals surface area contributed by atoms with Gasteiger partial charge >= 0.3 is 0 Å². The Hall–Kier alpha value is -2.03. The standard InChI is InChI=1S/C12H13N3O4S/c1-8-5-9-3-2-4-10(12(9)14-6-8)20(17,18)15-19-7-11(13)16/h2-6,15H,7H2,1H3,(H2,13,16). The van der Waals surface area contributed by atoms with Crippen molar-refractivity contribution in [2.45, 2.75) is 11.8 Å². The number of benzene rings is 1. The molecule has 20 heavy (non-hydrogen) atoms. The Balaban J connectivity index is 2.39. The number of hydrogen-bond acceptors (Lipinski definition) is 5. The van der Waals surface area contributed by atoms with Crippen molar-refractivity contribution in [3.05, 3.63) is 36.0 Å². The second kappa shape index (κ2) is 5.53. The number of aromatic nitrogens is 1. The first-order valence-electron chi connectivity index (χ1n) is 5.67. The highest BCUT2D eigenvalue weighted by atomic mass is 32.2. The van der Waals surface area contributed by atoms with Crippen LogP contribution in [-0.4, -0.2) is 25.9 Å². The molecule has 1 heterocycles. The smallest absolute Gasteiger partial charge is 0.264 e. The molecule has 1 aromatic carbocycles. The number of aryl methyl sites for hydroxylation is 1. The lowest BCUT2D eigenvalue weighted by molar-refractivity contribution is -0.123. The molecule has 0 saturated heterocycles. The van der Waals surface area contributed by atoms with Crippen molar-refractivity contribution >= 4 is 26.8 Å². The van der Waals surface area contributed by atoms with Gasteiger partial charge in [-0.25, -0.2) is 8.42 Å². The fourth-order valence-electron chi connectivity index (χ4n) is 1.68. The molecule has 2 aromatic rings. The van der Waals surface area contributed by atoms with Gasteiger partial charge in [-0.15, -0.1) is 0 Å². The Morgan fingerprint density at radius 1 is 1.45 bits per heavy atom. The Kier molecular flexibility index (Phi) is 3.98. The minimum Gasteiger partial charge on any atom is -0.368 e. The molecular formula is C12H13N3O4S. The van der Waals surface area contributed by atoms with Gasteiger partial charge in [-0.3, -0.25) is 14.6 Å². The van der Waals surface area contributed by atoms with E-state index >= 15 is 0 Å². The van der Waals surface area contributed by atoms with Crippen LogP contribution in [0.1, 0.15) is 5.56 Å². The summed E-state index contributed by atoms with van der Waals surface area (Å²) < 4.78 is 24.2. The summed E-state index contributed by atoms with van der Waals surface area (Å²) in [4.78, 5) is 21.0. The number of nitrogens with one attached hydrogen (secondary N) is 1. The second-order valence-corrected chi connectivity index (χ2v) is 5.80. The Labute approximate surface area is 115 Å². The number of nitrogens with zero attached hydrogens (tertiary/aromatic N) is 1. The molecule has 0 saturated carbocycles. The first-order chi connectivity index (χ1) is 9.40. The van der Waals surface area contributed by atoms with E-state index in [4.69, 9.17) is 5.73 Å². The number of rotatable bonds is 5. The van der Waals surface area contributed by atoms with Gasteiger partial charge < -0.3 is 5.73 Å².